The van der Waals surface area contributed by atoms with Crippen molar-refractivity contribution < 1.29 is 0 Å². The molecule has 0 unspecified atom stereocenters. The van der Waals surface area contributed by atoms with Crippen LogP contribution in [0, 0.1) is 32.1 Å². The summed E-state index contributed by atoms with van der Waals surface area (Å²) in [5.41, 5.74) is 8.58. The van der Waals surface area contributed by atoms with Crippen LogP contribution in [0.25, 0.3) is 17.3 Å². The van der Waals surface area contributed by atoms with E-state index >= 15 is 0 Å². The molecule has 0 radical (unpaired) electrons. The molecule has 3 nitrogen and oxygen atoms in total. The topological polar surface area (TPSA) is 32.0 Å². The maximum Gasteiger partial charge on any atom is 0.0998 e. The number of hydrogen-bond donors (Lipinski definition) is 0. The molecule has 0 atom stereocenters. The zero-order valence-corrected chi connectivity index (χ0v) is 18.0. The first-order valence-electron chi connectivity index (χ1n) is 10.2. The Kier molecular flexibility index (Phi) is 6.24. The fourth-order valence-corrected chi connectivity index (χ4v) is 3.80. The Morgan fingerprint density at radius 3 is 2.14 bits per heavy atom. The van der Waals surface area contributed by atoms with Gasteiger partial charge in [0.1, 0.15) is 0 Å². The summed E-state index contributed by atoms with van der Waals surface area (Å²) < 4.78 is 2.25. The van der Waals surface area contributed by atoms with Crippen molar-refractivity contribution >= 4 is 17.3 Å². The van der Waals surface area contributed by atoms with Gasteiger partial charge in [0, 0.05) is 35.9 Å². The van der Waals surface area contributed by atoms with E-state index < -0.39 is 0 Å². The monoisotopic (exact) mass is 383 g/mol. The summed E-state index contributed by atoms with van der Waals surface area (Å²) in [7, 11) is 0. The zero-order valence-electron chi connectivity index (χ0n) is 18.0. The highest BCUT2D eigenvalue weighted by molar-refractivity contribution is 5.90. The standard InChI is InChI=1S/C26H29N3/c1-6-28(7-2)25-12-14-26(15-13-25)29-20(4)16-23(21(29)5)17-24(18-27)22-10-8-19(3)9-11-22/h8-17H,6-7H2,1-5H3/b24-17-. The summed E-state index contributed by atoms with van der Waals surface area (Å²) in [6.07, 6.45) is 1.99. The lowest BCUT2D eigenvalue weighted by Gasteiger charge is -2.21. The molecule has 1 aromatic heterocycles. The Balaban J connectivity index is 1.98. The van der Waals surface area contributed by atoms with E-state index in [1.165, 1.54) is 11.3 Å². The first kappa shape index (κ1) is 20.5. The molecule has 2 aromatic carbocycles. The van der Waals surface area contributed by atoms with Gasteiger partial charge in [-0.15, -0.1) is 0 Å². The van der Waals surface area contributed by atoms with Gasteiger partial charge in [-0.1, -0.05) is 29.8 Å². The molecule has 1 heterocycles. The lowest BCUT2D eigenvalue weighted by atomic mass is 10.0. The molecule has 0 amide bonds. The van der Waals surface area contributed by atoms with Gasteiger partial charge in [-0.05, 0) is 82.2 Å². The fraction of sp³-hybridized carbons (Fsp3) is 0.269. The van der Waals surface area contributed by atoms with Gasteiger partial charge in [-0.2, -0.15) is 5.26 Å². The average molecular weight is 384 g/mol. The summed E-state index contributed by atoms with van der Waals surface area (Å²) in [6, 6.07) is 21.3. The molecule has 0 bridgehead atoms. The van der Waals surface area contributed by atoms with Crippen molar-refractivity contribution in [3.05, 3.63) is 82.7 Å². The Morgan fingerprint density at radius 1 is 0.966 bits per heavy atom. The summed E-state index contributed by atoms with van der Waals surface area (Å²) in [6.45, 7) is 12.6. The van der Waals surface area contributed by atoms with Crippen LogP contribution in [0.1, 0.15) is 41.9 Å². The van der Waals surface area contributed by atoms with Crippen LogP contribution in [0.3, 0.4) is 0 Å². The summed E-state index contributed by atoms with van der Waals surface area (Å²) in [5.74, 6) is 0. The minimum atomic E-state index is 0.683. The van der Waals surface area contributed by atoms with Crippen molar-refractivity contribution in [1.29, 1.82) is 5.26 Å². The number of rotatable bonds is 6. The lowest BCUT2D eigenvalue weighted by molar-refractivity contribution is 0.865. The lowest BCUT2D eigenvalue weighted by Crippen LogP contribution is -2.21. The zero-order chi connectivity index (χ0) is 21.0. The van der Waals surface area contributed by atoms with Gasteiger partial charge in [0.2, 0.25) is 0 Å². The van der Waals surface area contributed by atoms with Gasteiger partial charge < -0.3 is 9.47 Å². The van der Waals surface area contributed by atoms with E-state index in [0.29, 0.717) is 5.57 Å². The molecule has 3 rings (SSSR count). The van der Waals surface area contributed by atoms with Crippen molar-refractivity contribution in [1.82, 2.24) is 4.57 Å². The van der Waals surface area contributed by atoms with Gasteiger partial charge in [0.25, 0.3) is 0 Å². The molecule has 0 fully saturated rings. The first-order valence-corrected chi connectivity index (χ1v) is 10.2. The summed E-state index contributed by atoms with van der Waals surface area (Å²) in [5, 5.41) is 9.69. The van der Waals surface area contributed by atoms with Crippen LogP contribution in [0.15, 0.2) is 54.6 Å². The molecule has 0 aliphatic carbocycles. The molecule has 0 saturated carbocycles. The van der Waals surface area contributed by atoms with Gasteiger partial charge in [-0.25, -0.2) is 0 Å². The van der Waals surface area contributed by atoms with Crippen LogP contribution in [0.2, 0.25) is 0 Å². The van der Waals surface area contributed by atoms with E-state index in [0.717, 1.165) is 41.3 Å². The van der Waals surface area contributed by atoms with Crippen LogP contribution < -0.4 is 4.90 Å². The maximum atomic E-state index is 9.69. The normalized spacial score (nSPS) is 11.4. The van der Waals surface area contributed by atoms with Crippen molar-refractivity contribution in [2.45, 2.75) is 34.6 Å². The average Bonchev–Trinajstić information content (AvgIpc) is 3.01. The number of benzene rings is 2. The van der Waals surface area contributed by atoms with E-state index in [-0.39, 0.29) is 0 Å². The van der Waals surface area contributed by atoms with E-state index in [2.05, 4.69) is 80.5 Å². The number of allylic oxidation sites excluding steroid dienone is 1. The van der Waals surface area contributed by atoms with Crippen molar-refractivity contribution in [3.63, 3.8) is 0 Å². The predicted octanol–water partition coefficient (Wildman–Crippen LogP) is 6.31. The van der Waals surface area contributed by atoms with E-state index in [4.69, 9.17) is 0 Å². The SMILES string of the molecule is CCN(CC)c1ccc(-n2c(C)cc(/C=C(/C#N)c3ccc(C)cc3)c2C)cc1. The third kappa shape index (κ3) is 4.27. The van der Waals surface area contributed by atoms with Crippen LogP contribution in [0.4, 0.5) is 5.69 Å². The highest BCUT2D eigenvalue weighted by atomic mass is 15.1. The third-order valence-electron chi connectivity index (χ3n) is 5.49. The van der Waals surface area contributed by atoms with Gasteiger partial charge in [-0.3, -0.25) is 0 Å². The summed E-state index contributed by atoms with van der Waals surface area (Å²) in [4.78, 5) is 2.34. The van der Waals surface area contributed by atoms with Crippen LogP contribution in [-0.4, -0.2) is 17.7 Å². The minimum Gasteiger partial charge on any atom is -0.372 e. The number of aromatic nitrogens is 1. The summed E-state index contributed by atoms with van der Waals surface area (Å²) >= 11 is 0. The number of anilines is 1. The van der Waals surface area contributed by atoms with E-state index in [9.17, 15) is 5.26 Å². The largest absolute Gasteiger partial charge is 0.372 e. The highest BCUT2D eigenvalue weighted by Gasteiger charge is 2.11. The smallest absolute Gasteiger partial charge is 0.0998 e. The second kappa shape index (κ2) is 8.84. The van der Waals surface area contributed by atoms with E-state index in [1.54, 1.807) is 0 Å². The molecule has 0 aliphatic rings. The highest BCUT2D eigenvalue weighted by Crippen LogP contribution is 2.26. The van der Waals surface area contributed by atoms with Gasteiger partial charge >= 0.3 is 0 Å². The van der Waals surface area contributed by atoms with Crippen molar-refractivity contribution in [3.8, 4) is 11.8 Å². The molecule has 29 heavy (non-hydrogen) atoms. The van der Waals surface area contributed by atoms with Crippen LogP contribution >= 0.6 is 0 Å². The number of hydrogen-bond acceptors (Lipinski definition) is 2. The number of nitriles is 1. The quantitative estimate of drug-likeness (QED) is 0.467. The minimum absolute atomic E-state index is 0.683. The van der Waals surface area contributed by atoms with Crippen LogP contribution in [0.5, 0.6) is 0 Å². The number of aryl methyl sites for hydroxylation is 2. The molecular formula is C26H29N3. The molecule has 0 spiro atoms. The maximum absolute atomic E-state index is 9.69. The van der Waals surface area contributed by atoms with Gasteiger partial charge in [0.15, 0.2) is 0 Å². The molecule has 148 valence electrons. The molecule has 0 aliphatic heterocycles. The molecule has 3 heteroatoms. The fourth-order valence-electron chi connectivity index (χ4n) is 3.80. The van der Waals surface area contributed by atoms with Crippen LogP contribution in [-0.2, 0) is 0 Å². The Morgan fingerprint density at radius 2 is 1.59 bits per heavy atom. The predicted molar refractivity (Wildman–Crippen MR) is 123 cm³/mol. The van der Waals surface area contributed by atoms with Crippen molar-refractivity contribution in [2.75, 3.05) is 18.0 Å². The van der Waals surface area contributed by atoms with E-state index in [1.807, 2.05) is 30.3 Å². The molecular weight excluding hydrogens is 354 g/mol. The molecule has 0 N–H and O–H groups in total. The first-order chi connectivity index (χ1) is 14.0. The van der Waals surface area contributed by atoms with Crippen molar-refractivity contribution in [2.24, 2.45) is 0 Å². The molecule has 3 aromatic rings. The Bertz CT molecular complexity index is 1040. The second-order valence-electron chi connectivity index (χ2n) is 7.39. The Hall–Kier alpha value is -3.25. The third-order valence-corrected chi connectivity index (χ3v) is 5.49. The second-order valence-corrected chi connectivity index (χ2v) is 7.39. The molecule has 0 saturated heterocycles. The Labute approximate surface area is 174 Å². The number of nitrogens with zero attached hydrogens (tertiary/aromatic N) is 3. The van der Waals surface area contributed by atoms with Gasteiger partial charge in [0.05, 0.1) is 11.6 Å².